The summed E-state index contributed by atoms with van der Waals surface area (Å²) in [7, 11) is 3.67. The zero-order valence-corrected chi connectivity index (χ0v) is 15.4. The van der Waals surface area contributed by atoms with Gasteiger partial charge < -0.3 is 14.7 Å². The molecule has 2 aromatic rings. The van der Waals surface area contributed by atoms with Crippen LogP contribution < -0.4 is 4.74 Å². The van der Waals surface area contributed by atoms with Gasteiger partial charge in [0.25, 0.3) is 5.91 Å². The van der Waals surface area contributed by atoms with Gasteiger partial charge in [-0.2, -0.15) is 0 Å². The maximum absolute atomic E-state index is 12.3. The number of benzene rings is 2. The van der Waals surface area contributed by atoms with Crippen molar-refractivity contribution in [2.45, 2.75) is 25.0 Å². The van der Waals surface area contributed by atoms with Crippen LogP contribution in [0.2, 0.25) is 0 Å². The number of carbonyl (C=O) groups excluding carboxylic acids is 1. The highest BCUT2D eigenvalue weighted by atomic mass is 16.5. The summed E-state index contributed by atoms with van der Waals surface area (Å²) in [6.45, 7) is 1.71. The molecule has 0 unspecified atom stereocenters. The lowest BCUT2D eigenvalue weighted by Crippen LogP contribution is -2.56. The van der Waals surface area contributed by atoms with Crippen molar-refractivity contribution in [3.8, 4) is 11.5 Å². The Hall–Kier alpha value is -2.37. The molecular weight excluding hydrogens is 328 g/mol. The fraction of sp³-hybridized carbons (Fsp3) is 0.381. The molecule has 1 aliphatic heterocycles. The molecule has 1 N–H and O–H groups in total. The van der Waals surface area contributed by atoms with Crippen LogP contribution in [0.3, 0.4) is 0 Å². The van der Waals surface area contributed by atoms with E-state index in [9.17, 15) is 9.90 Å². The van der Waals surface area contributed by atoms with E-state index in [0.29, 0.717) is 26.1 Å². The number of para-hydroxylation sites is 1. The van der Waals surface area contributed by atoms with Crippen LogP contribution in [0.15, 0.2) is 54.6 Å². The first-order valence-corrected chi connectivity index (χ1v) is 8.95. The van der Waals surface area contributed by atoms with E-state index in [1.807, 2.05) is 66.5 Å². The molecule has 5 heteroatoms. The number of likely N-dealkylation sites (N-methyl/N-ethyl adjacent to an activating group) is 2. The van der Waals surface area contributed by atoms with Gasteiger partial charge in [0.05, 0.1) is 0 Å². The quantitative estimate of drug-likeness (QED) is 0.867. The molecule has 1 amide bonds. The second-order valence-electron chi connectivity index (χ2n) is 7.09. The number of hydrogen-bond acceptors (Lipinski definition) is 4. The second kappa shape index (κ2) is 7.89. The van der Waals surface area contributed by atoms with Gasteiger partial charge in [-0.1, -0.05) is 30.3 Å². The lowest BCUT2D eigenvalue weighted by Gasteiger charge is -2.38. The molecule has 3 rings (SSSR count). The van der Waals surface area contributed by atoms with Crippen LogP contribution in [0, 0.1) is 0 Å². The van der Waals surface area contributed by atoms with Gasteiger partial charge >= 0.3 is 0 Å². The van der Waals surface area contributed by atoms with Crippen molar-refractivity contribution in [1.29, 1.82) is 0 Å². The molecule has 2 aromatic carbocycles. The SMILES string of the molecule is CN(Cc1ccc(Oc2ccccc2)cc1)C[C@]1(O)CCCN(C)C1=O. The zero-order chi connectivity index (χ0) is 18.6. The Morgan fingerprint density at radius 1 is 1.12 bits per heavy atom. The van der Waals surface area contributed by atoms with Crippen LogP contribution in [-0.2, 0) is 11.3 Å². The average Bonchev–Trinajstić information content (AvgIpc) is 2.62. The molecule has 0 spiro atoms. The van der Waals surface area contributed by atoms with Crippen molar-refractivity contribution >= 4 is 5.91 Å². The predicted octanol–water partition coefficient (Wildman–Crippen LogP) is 2.89. The highest BCUT2D eigenvalue weighted by molar-refractivity contribution is 5.85. The molecule has 0 aliphatic carbocycles. The molecule has 0 radical (unpaired) electrons. The van der Waals surface area contributed by atoms with Gasteiger partial charge in [-0.25, -0.2) is 0 Å². The summed E-state index contributed by atoms with van der Waals surface area (Å²) in [5.74, 6) is 1.41. The maximum atomic E-state index is 12.3. The first kappa shape index (κ1) is 18.4. The number of aliphatic hydroxyl groups is 1. The first-order chi connectivity index (χ1) is 12.5. The van der Waals surface area contributed by atoms with E-state index in [1.54, 1.807) is 11.9 Å². The van der Waals surface area contributed by atoms with E-state index in [-0.39, 0.29) is 5.91 Å². The fourth-order valence-electron chi connectivity index (χ4n) is 3.42. The van der Waals surface area contributed by atoms with Crippen LogP contribution in [0.4, 0.5) is 0 Å². The van der Waals surface area contributed by atoms with Gasteiger partial charge in [0, 0.05) is 26.7 Å². The molecule has 0 bridgehead atoms. The monoisotopic (exact) mass is 354 g/mol. The minimum absolute atomic E-state index is 0.179. The summed E-state index contributed by atoms with van der Waals surface area (Å²) in [5.41, 5.74) is -0.175. The largest absolute Gasteiger partial charge is 0.457 e. The van der Waals surface area contributed by atoms with Gasteiger partial charge in [-0.15, -0.1) is 0 Å². The summed E-state index contributed by atoms with van der Waals surface area (Å²) in [4.78, 5) is 15.9. The Morgan fingerprint density at radius 3 is 2.46 bits per heavy atom. The van der Waals surface area contributed by atoms with E-state index >= 15 is 0 Å². The predicted molar refractivity (Wildman–Crippen MR) is 101 cm³/mol. The van der Waals surface area contributed by atoms with Crippen molar-refractivity contribution in [2.75, 3.05) is 27.2 Å². The van der Waals surface area contributed by atoms with Crippen molar-refractivity contribution in [3.05, 3.63) is 60.2 Å². The smallest absolute Gasteiger partial charge is 0.255 e. The molecule has 5 nitrogen and oxygen atoms in total. The topological polar surface area (TPSA) is 53.0 Å². The Balaban J connectivity index is 1.57. The van der Waals surface area contributed by atoms with E-state index < -0.39 is 5.60 Å². The number of rotatable bonds is 6. The number of carbonyl (C=O) groups is 1. The second-order valence-corrected chi connectivity index (χ2v) is 7.09. The third-order valence-electron chi connectivity index (χ3n) is 4.71. The minimum Gasteiger partial charge on any atom is -0.457 e. The molecule has 1 fully saturated rings. The number of amides is 1. The Labute approximate surface area is 154 Å². The highest BCUT2D eigenvalue weighted by Crippen LogP contribution is 2.24. The molecule has 138 valence electrons. The average molecular weight is 354 g/mol. The van der Waals surface area contributed by atoms with Crippen LogP contribution in [-0.4, -0.2) is 53.6 Å². The third-order valence-corrected chi connectivity index (χ3v) is 4.71. The summed E-state index contributed by atoms with van der Waals surface area (Å²) < 4.78 is 5.80. The summed E-state index contributed by atoms with van der Waals surface area (Å²) in [5, 5.41) is 10.7. The Kier molecular flexibility index (Phi) is 5.59. The standard InChI is InChI=1S/C21H26N2O3/c1-22(16-21(25)13-6-14-23(2)20(21)24)15-17-9-11-19(12-10-17)26-18-7-4-3-5-8-18/h3-5,7-12,25H,6,13-16H2,1-2H3/t21-/m1/s1. The Bertz CT molecular complexity index is 733. The van der Waals surface area contributed by atoms with Crippen LogP contribution >= 0.6 is 0 Å². The van der Waals surface area contributed by atoms with E-state index in [4.69, 9.17) is 4.74 Å². The summed E-state index contributed by atoms with van der Waals surface area (Å²) in [6.07, 6.45) is 1.35. The fourth-order valence-corrected chi connectivity index (χ4v) is 3.42. The molecular formula is C21H26N2O3. The molecule has 1 aliphatic rings. The first-order valence-electron chi connectivity index (χ1n) is 8.95. The number of nitrogens with zero attached hydrogens (tertiary/aromatic N) is 2. The van der Waals surface area contributed by atoms with Crippen LogP contribution in [0.1, 0.15) is 18.4 Å². The van der Waals surface area contributed by atoms with Crippen LogP contribution in [0.25, 0.3) is 0 Å². The van der Waals surface area contributed by atoms with E-state index in [2.05, 4.69) is 0 Å². The number of ether oxygens (including phenoxy) is 1. The van der Waals surface area contributed by atoms with E-state index in [0.717, 1.165) is 23.5 Å². The minimum atomic E-state index is -1.28. The van der Waals surface area contributed by atoms with Crippen LogP contribution in [0.5, 0.6) is 11.5 Å². The molecule has 0 aromatic heterocycles. The maximum Gasteiger partial charge on any atom is 0.255 e. The van der Waals surface area contributed by atoms with Crippen molar-refractivity contribution in [1.82, 2.24) is 9.80 Å². The zero-order valence-electron chi connectivity index (χ0n) is 15.4. The molecule has 0 saturated carbocycles. The molecule has 1 atom stereocenters. The lowest BCUT2D eigenvalue weighted by molar-refractivity contribution is -0.157. The van der Waals surface area contributed by atoms with Crippen molar-refractivity contribution < 1.29 is 14.6 Å². The Morgan fingerprint density at radius 2 is 1.77 bits per heavy atom. The van der Waals surface area contributed by atoms with Crippen molar-refractivity contribution in [3.63, 3.8) is 0 Å². The van der Waals surface area contributed by atoms with Gasteiger partial charge in [-0.3, -0.25) is 9.69 Å². The van der Waals surface area contributed by atoms with Gasteiger partial charge in [0.15, 0.2) is 5.60 Å². The summed E-state index contributed by atoms with van der Waals surface area (Å²) in [6, 6.07) is 17.5. The number of hydrogen-bond donors (Lipinski definition) is 1. The van der Waals surface area contributed by atoms with Gasteiger partial charge in [-0.05, 0) is 49.7 Å². The summed E-state index contributed by atoms with van der Waals surface area (Å²) >= 11 is 0. The normalized spacial score (nSPS) is 20.5. The molecule has 26 heavy (non-hydrogen) atoms. The number of piperidine rings is 1. The molecule has 1 heterocycles. The third kappa shape index (κ3) is 4.42. The van der Waals surface area contributed by atoms with Crippen molar-refractivity contribution in [2.24, 2.45) is 0 Å². The van der Waals surface area contributed by atoms with E-state index in [1.165, 1.54) is 0 Å². The lowest BCUT2D eigenvalue weighted by atomic mass is 9.91. The van der Waals surface area contributed by atoms with Gasteiger partial charge in [0.2, 0.25) is 0 Å². The molecule has 1 saturated heterocycles. The number of likely N-dealkylation sites (tertiary alicyclic amines) is 1. The highest BCUT2D eigenvalue weighted by Gasteiger charge is 2.41. The van der Waals surface area contributed by atoms with Gasteiger partial charge in [0.1, 0.15) is 11.5 Å².